The third kappa shape index (κ3) is 17.1. The van der Waals surface area contributed by atoms with Gasteiger partial charge in [0.05, 0.1) is 19.1 Å². The molecule has 7 N–H and O–H groups in total. The minimum atomic E-state index is -5.08. The van der Waals surface area contributed by atoms with Gasteiger partial charge < -0.3 is 32.1 Å². The maximum Gasteiger partial charge on any atom is 0.416 e. The Labute approximate surface area is 249 Å². The lowest BCUT2D eigenvalue weighted by Crippen LogP contribution is -2.54. The van der Waals surface area contributed by atoms with Gasteiger partial charge in [-0.1, -0.05) is 75.8 Å². The van der Waals surface area contributed by atoms with E-state index in [0.717, 1.165) is 25.7 Å². The second-order valence-corrected chi connectivity index (χ2v) is 10.3. The molecule has 0 radical (unpaired) electrons. The van der Waals surface area contributed by atoms with E-state index in [0.29, 0.717) is 12.0 Å². The molecule has 1 rings (SSSR count). The lowest BCUT2D eigenvalue weighted by Gasteiger charge is -2.26. The van der Waals surface area contributed by atoms with Crippen LogP contribution in [0.15, 0.2) is 30.3 Å². The Morgan fingerprint density at radius 3 is 2.00 bits per heavy atom. The molecule has 3 unspecified atom stereocenters. The molecule has 0 bridgehead atoms. The fourth-order valence-electron chi connectivity index (χ4n) is 4.20. The molecule has 242 valence electrons. The van der Waals surface area contributed by atoms with Crippen LogP contribution in [-0.4, -0.2) is 72.1 Å². The van der Waals surface area contributed by atoms with Crippen LogP contribution in [0.25, 0.3) is 0 Å². The van der Waals surface area contributed by atoms with Crippen molar-refractivity contribution in [2.45, 2.75) is 102 Å². The van der Waals surface area contributed by atoms with Crippen molar-refractivity contribution in [3.8, 4) is 0 Å². The summed E-state index contributed by atoms with van der Waals surface area (Å²) in [4.78, 5) is 60.9. The van der Waals surface area contributed by atoms with E-state index in [4.69, 9.17) is 5.73 Å². The highest BCUT2D eigenvalue weighted by atomic mass is 19.4. The number of hydrogen-bond acceptors (Lipinski definition) is 6. The average molecular weight is 616 g/mol. The van der Waals surface area contributed by atoms with Gasteiger partial charge in [0, 0.05) is 19.3 Å². The van der Waals surface area contributed by atoms with Gasteiger partial charge in [-0.15, -0.1) is 0 Å². The predicted octanol–water partition coefficient (Wildman–Crippen LogP) is 1.76. The number of unbranched alkanes of at least 4 members (excludes halogenated alkanes) is 6. The number of rotatable bonds is 21. The lowest BCUT2D eigenvalue weighted by atomic mass is 10.0. The van der Waals surface area contributed by atoms with E-state index in [1.165, 1.54) is 12.8 Å². The molecule has 1 aromatic rings. The smallest absolute Gasteiger partial charge is 0.382 e. The molecule has 0 aliphatic heterocycles. The molecule has 43 heavy (non-hydrogen) atoms. The molecule has 11 nitrogen and oxygen atoms in total. The number of carbonyl (C=O) groups is 5. The van der Waals surface area contributed by atoms with E-state index >= 15 is 0 Å². The van der Waals surface area contributed by atoms with E-state index in [-0.39, 0.29) is 25.3 Å². The lowest BCUT2D eigenvalue weighted by molar-refractivity contribution is -0.212. The largest absolute Gasteiger partial charge is 0.416 e. The standard InChI is InChI=1S/C29H44F3N5O6/c1-2-3-4-5-6-7-11-14-24(39)34-18-25(40)37-22(17-20-12-9-8-10-13-20)28(43)35-19-26(41)36-21(15-16-23(33)38)27(42)29(30,31)32/h8-10,12-13,21-22,27,42H,2-7,11,14-19H2,1H3,(H2,33,38)(H,34,39)(H,35,43)(H,36,41)(H,37,40). The Morgan fingerprint density at radius 1 is 0.814 bits per heavy atom. The molecule has 5 amide bonds. The van der Waals surface area contributed by atoms with E-state index in [9.17, 15) is 42.3 Å². The highest BCUT2D eigenvalue weighted by Crippen LogP contribution is 2.24. The summed E-state index contributed by atoms with van der Waals surface area (Å²) in [6.07, 6.45) is -1.54. The summed E-state index contributed by atoms with van der Waals surface area (Å²) in [5, 5.41) is 18.8. The fraction of sp³-hybridized carbons (Fsp3) is 0.621. The quantitative estimate of drug-likeness (QED) is 0.115. The number of carbonyl (C=O) groups excluding carboxylic acids is 5. The molecule has 0 spiro atoms. The SMILES string of the molecule is CCCCCCCCCC(=O)NCC(=O)NC(Cc1ccccc1)C(=O)NCC(=O)NC(CCC(N)=O)C(O)C(F)(F)F. The maximum absolute atomic E-state index is 13.0. The summed E-state index contributed by atoms with van der Waals surface area (Å²) in [7, 11) is 0. The monoisotopic (exact) mass is 615 g/mol. The predicted molar refractivity (Wildman–Crippen MR) is 153 cm³/mol. The third-order valence-electron chi connectivity index (χ3n) is 6.58. The Hall–Kier alpha value is -3.68. The van der Waals surface area contributed by atoms with Crippen LogP contribution in [-0.2, 0) is 30.4 Å². The highest BCUT2D eigenvalue weighted by molar-refractivity contribution is 5.92. The van der Waals surface area contributed by atoms with Crippen LogP contribution in [0.5, 0.6) is 0 Å². The number of nitrogens with one attached hydrogen (secondary N) is 4. The summed E-state index contributed by atoms with van der Waals surface area (Å²) in [6.45, 7) is 0.998. The van der Waals surface area contributed by atoms with E-state index in [1.807, 2.05) is 5.32 Å². The Balaban J connectivity index is 2.68. The number of benzene rings is 1. The van der Waals surface area contributed by atoms with Gasteiger partial charge in [0.15, 0.2) is 6.10 Å². The zero-order valence-electron chi connectivity index (χ0n) is 24.5. The third-order valence-corrected chi connectivity index (χ3v) is 6.58. The van der Waals surface area contributed by atoms with Crippen molar-refractivity contribution in [2.75, 3.05) is 13.1 Å². The first-order valence-electron chi connectivity index (χ1n) is 14.5. The van der Waals surface area contributed by atoms with Crippen molar-refractivity contribution in [2.24, 2.45) is 5.73 Å². The number of aliphatic hydroxyl groups is 1. The van der Waals surface area contributed by atoms with E-state index in [1.54, 1.807) is 30.3 Å². The van der Waals surface area contributed by atoms with Crippen molar-refractivity contribution >= 4 is 29.5 Å². The molecule has 0 heterocycles. The van der Waals surface area contributed by atoms with Crippen molar-refractivity contribution in [1.29, 1.82) is 0 Å². The van der Waals surface area contributed by atoms with Crippen LogP contribution in [0, 0.1) is 0 Å². The number of alkyl halides is 3. The van der Waals surface area contributed by atoms with Crippen molar-refractivity contribution in [3.63, 3.8) is 0 Å². The Kier molecular flexibility index (Phi) is 17.6. The summed E-state index contributed by atoms with van der Waals surface area (Å²) < 4.78 is 39.0. The van der Waals surface area contributed by atoms with Gasteiger partial charge in [0.25, 0.3) is 0 Å². The van der Waals surface area contributed by atoms with Gasteiger partial charge in [-0.25, -0.2) is 0 Å². The molecule has 0 aliphatic carbocycles. The van der Waals surface area contributed by atoms with Gasteiger partial charge in [-0.05, 0) is 18.4 Å². The topological polar surface area (TPSA) is 180 Å². The molecule has 1 aromatic carbocycles. The summed E-state index contributed by atoms with van der Waals surface area (Å²) >= 11 is 0. The number of amides is 5. The van der Waals surface area contributed by atoms with Crippen LogP contribution in [0.3, 0.4) is 0 Å². The van der Waals surface area contributed by atoms with Crippen molar-refractivity contribution in [3.05, 3.63) is 35.9 Å². The van der Waals surface area contributed by atoms with E-state index in [2.05, 4.69) is 22.9 Å². The summed E-state index contributed by atoms with van der Waals surface area (Å²) in [6, 6.07) is 5.59. The van der Waals surface area contributed by atoms with Crippen molar-refractivity contribution < 1.29 is 42.3 Å². The molecule has 0 saturated heterocycles. The highest BCUT2D eigenvalue weighted by Gasteiger charge is 2.44. The van der Waals surface area contributed by atoms with Gasteiger partial charge >= 0.3 is 6.18 Å². The van der Waals surface area contributed by atoms with Gasteiger partial charge in [0.1, 0.15) is 6.04 Å². The number of nitrogens with two attached hydrogens (primary N) is 1. The van der Waals surface area contributed by atoms with Crippen LogP contribution >= 0.6 is 0 Å². The van der Waals surface area contributed by atoms with Crippen LogP contribution in [0.1, 0.15) is 76.7 Å². The maximum atomic E-state index is 13.0. The Morgan fingerprint density at radius 2 is 1.40 bits per heavy atom. The second kappa shape index (κ2) is 20.3. The molecule has 0 fully saturated rings. The molecule has 3 atom stereocenters. The minimum absolute atomic E-state index is 0.0278. The average Bonchev–Trinajstić information content (AvgIpc) is 2.95. The first-order valence-corrected chi connectivity index (χ1v) is 14.5. The number of aliphatic hydroxyl groups excluding tert-OH is 1. The van der Waals surface area contributed by atoms with Gasteiger partial charge in [-0.3, -0.25) is 24.0 Å². The van der Waals surface area contributed by atoms with E-state index < -0.39 is 67.4 Å². The molecule has 0 saturated carbocycles. The number of halogens is 3. The molecule has 0 aromatic heterocycles. The summed E-state index contributed by atoms with van der Waals surface area (Å²) in [5.74, 6) is -3.72. The minimum Gasteiger partial charge on any atom is -0.382 e. The molecular weight excluding hydrogens is 571 g/mol. The number of hydrogen-bond donors (Lipinski definition) is 6. The zero-order valence-corrected chi connectivity index (χ0v) is 24.5. The second-order valence-electron chi connectivity index (χ2n) is 10.3. The van der Waals surface area contributed by atoms with Crippen LogP contribution < -0.4 is 27.0 Å². The van der Waals surface area contributed by atoms with Gasteiger partial charge in [-0.2, -0.15) is 13.2 Å². The first kappa shape index (κ1) is 37.3. The van der Waals surface area contributed by atoms with Crippen LogP contribution in [0.4, 0.5) is 13.2 Å². The van der Waals surface area contributed by atoms with Crippen LogP contribution in [0.2, 0.25) is 0 Å². The Bertz CT molecular complexity index is 1030. The summed E-state index contributed by atoms with van der Waals surface area (Å²) in [5.41, 5.74) is 5.65. The van der Waals surface area contributed by atoms with Crippen molar-refractivity contribution in [1.82, 2.24) is 21.3 Å². The fourth-order valence-corrected chi connectivity index (χ4v) is 4.20. The first-order chi connectivity index (χ1) is 20.3. The molecule has 14 heteroatoms. The zero-order chi connectivity index (χ0) is 32.3. The van der Waals surface area contributed by atoms with Gasteiger partial charge in [0.2, 0.25) is 29.5 Å². The number of primary amides is 1. The molecule has 0 aliphatic rings. The normalized spacial score (nSPS) is 13.3. The molecular formula is C29H44F3N5O6.